The number of benzene rings is 2. The van der Waals surface area contributed by atoms with Crippen LogP contribution in [0.2, 0.25) is 0 Å². The molecule has 0 saturated carbocycles. The third-order valence-corrected chi connectivity index (χ3v) is 7.35. The van der Waals surface area contributed by atoms with Gasteiger partial charge in [0.1, 0.15) is 11.6 Å². The molecule has 1 aromatic heterocycles. The maximum absolute atomic E-state index is 13.2. The van der Waals surface area contributed by atoms with E-state index >= 15 is 0 Å². The number of carbonyl (C=O) groups is 1. The van der Waals surface area contributed by atoms with E-state index in [0.717, 1.165) is 69.9 Å². The van der Waals surface area contributed by atoms with Crippen molar-refractivity contribution >= 4 is 16.8 Å². The molecule has 0 bridgehead atoms. The Morgan fingerprint density at radius 1 is 0.943 bits per heavy atom. The quantitative estimate of drug-likeness (QED) is 0.566. The summed E-state index contributed by atoms with van der Waals surface area (Å²) in [6.07, 6.45) is 6.21. The molecule has 0 spiro atoms. The van der Waals surface area contributed by atoms with Gasteiger partial charge in [-0.25, -0.2) is 4.98 Å². The standard InChI is InChI=1S/C28H34N4O3/c1-35-23-10-7-21(8-11-23)13-15-30-16-18-31(19-17-30)27(33)22-9-12-24-25(20-22)29-26-6-4-2-3-5-14-32(26)28(24)34/h7-12,20H,2-6,13-19H2,1H3. The summed E-state index contributed by atoms with van der Waals surface area (Å²) in [5.41, 5.74) is 2.58. The van der Waals surface area contributed by atoms with Crippen LogP contribution in [0.15, 0.2) is 47.3 Å². The van der Waals surface area contributed by atoms with Gasteiger partial charge < -0.3 is 9.64 Å². The maximum atomic E-state index is 13.2. The zero-order valence-electron chi connectivity index (χ0n) is 20.5. The maximum Gasteiger partial charge on any atom is 0.261 e. The molecule has 0 radical (unpaired) electrons. The number of hydrogen-bond acceptors (Lipinski definition) is 5. The van der Waals surface area contributed by atoms with Crippen LogP contribution in [0, 0.1) is 0 Å². The number of carbonyl (C=O) groups excluding carboxylic acids is 1. The summed E-state index contributed by atoms with van der Waals surface area (Å²) in [5.74, 6) is 1.76. The molecule has 1 amide bonds. The van der Waals surface area contributed by atoms with Gasteiger partial charge in [-0.3, -0.25) is 19.1 Å². The van der Waals surface area contributed by atoms with Crippen molar-refractivity contribution in [3.8, 4) is 5.75 Å². The minimum atomic E-state index is 0.0235. The van der Waals surface area contributed by atoms with Gasteiger partial charge in [0.15, 0.2) is 0 Å². The van der Waals surface area contributed by atoms with Crippen molar-refractivity contribution in [1.82, 2.24) is 19.4 Å². The highest BCUT2D eigenvalue weighted by molar-refractivity contribution is 5.97. The summed E-state index contributed by atoms with van der Waals surface area (Å²) in [6.45, 7) is 4.86. The van der Waals surface area contributed by atoms with Crippen LogP contribution in [0.5, 0.6) is 5.75 Å². The van der Waals surface area contributed by atoms with Gasteiger partial charge in [0.05, 0.1) is 18.0 Å². The molecule has 184 valence electrons. The highest BCUT2D eigenvalue weighted by atomic mass is 16.5. The van der Waals surface area contributed by atoms with Crippen molar-refractivity contribution in [3.05, 3.63) is 69.8 Å². The van der Waals surface area contributed by atoms with Gasteiger partial charge in [-0.05, 0) is 55.2 Å². The number of amides is 1. The third kappa shape index (κ3) is 5.25. The highest BCUT2D eigenvalue weighted by Crippen LogP contribution is 2.18. The Labute approximate surface area is 206 Å². The molecule has 1 fully saturated rings. The SMILES string of the molecule is COc1ccc(CCN2CCN(C(=O)c3ccc4c(=O)n5c(nc4c3)CCCCCC5)CC2)cc1. The summed E-state index contributed by atoms with van der Waals surface area (Å²) in [5, 5.41) is 0.606. The average Bonchev–Trinajstić information content (AvgIpc) is 2.88. The summed E-state index contributed by atoms with van der Waals surface area (Å²) in [4.78, 5) is 35.5. The lowest BCUT2D eigenvalue weighted by Gasteiger charge is -2.34. The van der Waals surface area contributed by atoms with Crippen molar-refractivity contribution < 1.29 is 9.53 Å². The lowest BCUT2D eigenvalue weighted by atomic mass is 10.1. The van der Waals surface area contributed by atoms with Crippen molar-refractivity contribution in [2.24, 2.45) is 0 Å². The third-order valence-electron chi connectivity index (χ3n) is 7.35. The predicted molar refractivity (Wildman–Crippen MR) is 137 cm³/mol. The summed E-state index contributed by atoms with van der Waals surface area (Å²) < 4.78 is 7.07. The molecule has 0 aliphatic carbocycles. The lowest BCUT2D eigenvalue weighted by molar-refractivity contribution is 0.0638. The largest absolute Gasteiger partial charge is 0.497 e. The smallest absolute Gasteiger partial charge is 0.261 e. The van der Waals surface area contributed by atoms with Crippen LogP contribution in [-0.2, 0) is 19.4 Å². The fourth-order valence-corrected chi connectivity index (χ4v) is 5.16. The van der Waals surface area contributed by atoms with Gasteiger partial charge in [-0.1, -0.05) is 25.0 Å². The first kappa shape index (κ1) is 23.5. The van der Waals surface area contributed by atoms with E-state index in [0.29, 0.717) is 29.6 Å². The molecule has 0 N–H and O–H groups in total. The number of aromatic nitrogens is 2. The van der Waals surface area contributed by atoms with Crippen LogP contribution in [0.25, 0.3) is 10.9 Å². The lowest BCUT2D eigenvalue weighted by Crippen LogP contribution is -2.49. The molecule has 2 aromatic carbocycles. The Hall–Kier alpha value is -3.19. The first-order valence-electron chi connectivity index (χ1n) is 12.8. The van der Waals surface area contributed by atoms with Gasteiger partial charge >= 0.3 is 0 Å². The number of ether oxygens (including phenoxy) is 1. The molecule has 1 saturated heterocycles. The predicted octanol–water partition coefficient (Wildman–Crippen LogP) is 3.52. The minimum Gasteiger partial charge on any atom is -0.497 e. The molecule has 3 heterocycles. The molecule has 2 aliphatic heterocycles. The Bertz CT molecular complexity index is 1240. The van der Waals surface area contributed by atoms with E-state index in [-0.39, 0.29) is 11.5 Å². The molecule has 0 unspecified atom stereocenters. The molecule has 35 heavy (non-hydrogen) atoms. The van der Waals surface area contributed by atoms with Gasteiger partial charge in [-0.2, -0.15) is 0 Å². The van der Waals surface area contributed by atoms with Crippen LogP contribution in [0.1, 0.15) is 47.4 Å². The number of rotatable bonds is 5. The fourth-order valence-electron chi connectivity index (χ4n) is 5.16. The Morgan fingerprint density at radius 2 is 1.71 bits per heavy atom. The van der Waals surface area contributed by atoms with E-state index in [1.807, 2.05) is 27.7 Å². The normalized spacial score (nSPS) is 17.0. The van der Waals surface area contributed by atoms with E-state index in [1.54, 1.807) is 19.2 Å². The minimum absolute atomic E-state index is 0.0235. The molecule has 0 atom stereocenters. The molecular formula is C28H34N4O3. The van der Waals surface area contributed by atoms with E-state index in [1.165, 1.54) is 12.0 Å². The number of nitrogens with zero attached hydrogens (tertiary/aromatic N) is 4. The molecule has 2 aliphatic rings. The van der Waals surface area contributed by atoms with Crippen molar-refractivity contribution in [2.45, 2.75) is 45.1 Å². The van der Waals surface area contributed by atoms with Crippen molar-refractivity contribution in [3.63, 3.8) is 0 Å². The summed E-state index contributed by atoms with van der Waals surface area (Å²) in [6, 6.07) is 13.6. The van der Waals surface area contributed by atoms with Gasteiger partial charge in [-0.15, -0.1) is 0 Å². The Kier molecular flexibility index (Phi) is 7.13. The number of piperazine rings is 1. The van der Waals surface area contributed by atoms with Crippen LogP contribution in [0.3, 0.4) is 0 Å². The van der Waals surface area contributed by atoms with Gasteiger partial charge in [0.25, 0.3) is 11.5 Å². The van der Waals surface area contributed by atoms with Gasteiger partial charge in [0, 0.05) is 51.3 Å². The molecule has 5 rings (SSSR count). The Morgan fingerprint density at radius 3 is 2.49 bits per heavy atom. The number of aryl methyl sites for hydroxylation is 1. The van der Waals surface area contributed by atoms with Crippen molar-refractivity contribution in [1.29, 1.82) is 0 Å². The van der Waals surface area contributed by atoms with Crippen LogP contribution in [-0.4, -0.2) is 65.1 Å². The van der Waals surface area contributed by atoms with Gasteiger partial charge in [0.2, 0.25) is 0 Å². The monoisotopic (exact) mass is 474 g/mol. The molecule has 3 aromatic rings. The summed E-state index contributed by atoms with van der Waals surface area (Å²) in [7, 11) is 1.68. The van der Waals surface area contributed by atoms with E-state index in [4.69, 9.17) is 9.72 Å². The number of hydrogen-bond donors (Lipinski definition) is 0. The second-order valence-corrected chi connectivity index (χ2v) is 9.61. The zero-order chi connectivity index (χ0) is 24.2. The number of methoxy groups -OCH3 is 1. The van der Waals surface area contributed by atoms with E-state index in [9.17, 15) is 9.59 Å². The van der Waals surface area contributed by atoms with Crippen molar-refractivity contribution in [2.75, 3.05) is 39.8 Å². The highest BCUT2D eigenvalue weighted by Gasteiger charge is 2.23. The second-order valence-electron chi connectivity index (χ2n) is 9.61. The molecule has 7 nitrogen and oxygen atoms in total. The van der Waals surface area contributed by atoms with Crippen LogP contribution < -0.4 is 10.3 Å². The van der Waals surface area contributed by atoms with Crippen LogP contribution >= 0.6 is 0 Å². The van der Waals surface area contributed by atoms with E-state index < -0.39 is 0 Å². The average molecular weight is 475 g/mol. The Balaban J connectivity index is 1.23. The fraction of sp³-hybridized carbons (Fsp3) is 0.464. The summed E-state index contributed by atoms with van der Waals surface area (Å²) >= 11 is 0. The second kappa shape index (κ2) is 10.6. The first-order chi connectivity index (χ1) is 17.1. The van der Waals surface area contributed by atoms with E-state index in [2.05, 4.69) is 17.0 Å². The molecular weight excluding hydrogens is 440 g/mol. The first-order valence-corrected chi connectivity index (χ1v) is 12.8. The topological polar surface area (TPSA) is 67.7 Å². The number of fused-ring (bicyclic) bond motifs is 2. The van der Waals surface area contributed by atoms with Crippen LogP contribution in [0.4, 0.5) is 0 Å². The zero-order valence-corrected chi connectivity index (χ0v) is 20.5. The molecule has 7 heteroatoms.